The highest BCUT2D eigenvalue weighted by Gasteiger charge is 2.12. The first-order valence-corrected chi connectivity index (χ1v) is 6.96. The summed E-state index contributed by atoms with van der Waals surface area (Å²) >= 11 is 1.52. The van der Waals surface area contributed by atoms with Crippen molar-refractivity contribution in [1.82, 2.24) is 4.98 Å². The summed E-state index contributed by atoms with van der Waals surface area (Å²) in [4.78, 5) is 17.7. The highest BCUT2D eigenvalue weighted by atomic mass is 32.1. The summed E-state index contributed by atoms with van der Waals surface area (Å²) in [6, 6.07) is 9.98. The third-order valence-electron chi connectivity index (χ3n) is 2.56. The van der Waals surface area contributed by atoms with E-state index in [1.165, 1.54) is 11.3 Å². The van der Waals surface area contributed by atoms with Crippen LogP contribution in [0, 0.1) is 0 Å². The van der Waals surface area contributed by atoms with Gasteiger partial charge in [0, 0.05) is 18.0 Å². The second-order valence-corrected chi connectivity index (χ2v) is 4.88. The van der Waals surface area contributed by atoms with Crippen LogP contribution in [0.1, 0.15) is 6.92 Å². The van der Waals surface area contributed by atoms with Crippen LogP contribution in [-0.2, 0) is 9.53 Å². The average molecular weight is 276 g/mol. The zero-order valence-corrected chi connectivity index (χ0v) is 11.8. The molecule has 100 valence electrons. The number of carbonyl (C=O) groups is 1. The van der Waals surface area contributed by atoms with Gasteiger partial charge in [-0.1, -0.05) is 30.3 Å². The van der Waals surface area contributed by atoms with Crippen LogP contribution in [-0.4, -0.2) is 31.2 Å². The van der Waals surface area contributed by atoms with Crippen molar-refractivity contribution in [3.8, 4) is 11.3 Å². The fourth-order valence-electron chi connectivity index (χ4n) is 1.65. The second-order valence-electron chi connectivity index (χ2n) is 4.04. The van der Waals surface area contributed by atoms with E-state index < -0.39 is 0 Å². The van der Waals surface area contributed by atoms with E-state index in [-0.39, 0.29) is 12.5 Å². The van der Waals surface area contributed by atoms with Gasteiger partial charge < -0.3 is 9.64 Å². The molecule has 4 nitrogen and oxygen atoms in total. The molecule has 0 bridgehead atoms. The highest BCUT2D eigenvalue weighted by Crippen LogP contribution is 2.26. The van der Waals surface area contributed by atoms with Gasteiger partial charge in [-0.2, -0.15) is 0 Å². The Morgan fingerprint density at radius 1 is 1.37 bits per heavy atom. The molecule has 0 radical (unpaired) electrons. The number of carbonyl (C=O) groups excluding carboxylic acids is 1. The lowest BCUT2D eigenvalue weighted by Crippen LogP contribution is -2.26. The number of likely N-dealkylation sites (N-methyl/N-ethyl adjacent to an activating group) is 1. The maximum absolute atomic E-state index is 11.4. The lowest BCUT2D eigenvalue weighted by Gasteiger charge is -2.13. The SMILES string of the molecule is CCOC(=O)CN(C)c1nc(-c2ccccc2)cs1. The molecule has 5 heteroatoms. The summed E-state index contributed by atoms with van der Waals surface area (Å²) in [6.07, 6.45) is 0. The molecule has 0 atom stereocenters. The summed E-state index contributed by atoms with van der Waals surface area (Å²) in [5.74, 6) is -0.235. The molecule has 0 N–H and O–H groups in total. The largest absolute Gasteiger partial charge is 0.465 e. The predicted octanol–water partition coefficient (Wildman–Crippen LogP) is 2.81. The molecule has 1 aromatic heterocycles. The summed E-state index contributed by atoms with van der Waals surface area (Å²) < 4.78 is 4.92. The normalized spacial score (nSPS) is 10.2. The van der Waals surface area contributed by atoms with Gasteiger partial charge in [-0.15, -0.1) is 11.3 Å². The number of benzene rings is 1. The predicted molar refractivity (Wildman–Crippen MR) is 77.5 cm³/mol. The van der Waals surface area contributed by atoms with E-state index in [0.29, 0.717) is 6.61 Å². The molecule has 0 saturated heterocycles. The highest BCUT2D eigenvalue weighted by molar-refractivity contribution is 7.14. The fraction of sp³-hybridized carbons (Fsp3) is 0.286. The number of aromatic nitrogens is 1. The Labute approximate surface area is 116 Å². The van der Waals surface area contributed by atoms with Crippen LogP contribution in [0.5, 0.6) is 0 Å². The molecule has 0 fully saturated rings. The number of nitrogens with zero attached hydrogens (tertiary/aromatic N) is 2. The Morgan fingerprint density at radius 3 is 2.79 bits per heavy atom. The topological polar surface area (TPSA) is 42.4 Å². The molecular formula is C14H16N2O2S. The lowest BCUT2D eigenvalue weighted by molar-refractivity contribution is -0.141. The van der Waals surface area contributed by atoms with Gasteiger partial charge in [-0.25, -0.2) is 4.98 Å². The molecule has 2 aromatic rings. The van der Waals surface area contributed by atoms with E-state index in [0.717, 1.165) is 16.4 Å². The van der Waals surface area contributed by atoms with Crippen molar-refractivity contribution in [2.75, 3.05) is 25.1 Å². The molecule has 0 aliphatic rings. The van der Waals surface area contributed by atoms with Crippen LogP contribution in [0.4, 0.5) is 5.13 Å². The van der Waals surface area contributed by atoms with E-state index in [4.69, 9.17) is 4.74 Å². The summed E-state index contributed by atoms with van der Waals surface area (Å²) in [5, 5.41) is 2.80. The standard InChI is InChI=1S/C14H16N2O2S/c1-3-18-13(17)9-16(2)14-15-12(10-19-14)11-7-5-4-6-8-11/h4-8,10H,3,9H2,1-2H3. The molecule has 0 aliphatic carbocycles. The van der Waals surface area contributed by atoms with Gasteiger partial charge in [-0.3, -0.25) is 4.79 Å². The third-order valence-corrected chi connectivity index (χ3v) is 3.51. The van der Waals surface area contributed by atoms with Gasteiger partial charge in [0.15, 0.2) is 5.13 Å². The average Bonchev–Trinajstić information content (AvgIpc) is 2.89. The lowest BCUT2D eigenvalue weighted by atomic mass is 10.2. The molecule has 19 heavy (non-hydrogen) atoms. The quantitative estimate of drug-likeness (QED) is 0.788. The number of ether oxygens (including phenoxy) is 1. The van der Waals surface area contributed by atoms with Gasteiger partial charge in [0.1, 0.15) is 6.54 Å². The first-order valence-electron chi connectivity index (χ1n) is 6.08. The Balaban J connectivity index is 2.07. The second kappa shape index (κ2) is 6.33. The van der Waals surface area contributed by atoms with Crippen LogP contribution in [0.25, 0.3) is 11.3 Å². The molecule has 0 spiro atoms. The molecule has 0 aliphatic heterocycles. The van der Waals surface area contributed by atoms with Crippen molar-refractivity contribution >= 4 is 22.4 Å². The zero-order valence-electron chi connectivity index (χ0n) is 11.0. The minimum absolute atomic E-state index is 0.218. The van der Waals surface area contributed by atoms with Gasteiger partial charge >= 0.3 is 5.97 Å². The van der Waals surface area contributed by atoms with E-state index >= 15 is 0 Å². The van der Waals surface area contributed by atoms with Crippen molar-refractivity contribution in [2.24, 2.45) is 0 Å². The van der Waals surface area contributed by atoms with Crippen LogP contribution < -0.4 is 4.90 Å². The first kappa shape index (κ1) is 13.5. The summed E-state index contributed by atoms with van der Waals surface area (Å²) in [7, 11) is 1.84. The van der Waals surface area contributed by atoms with E-state index in [2.05, 4.69) is 4.98 Å². The minimum atomic E-state index is -0.235. The Kier molecular flexibility index (Phi) is 4.52. The van der Waals surface area contributed by atoms with Gasteiger partial charge in [0.05, 0.1) is 12.3 Å². The number of esters is 1. The van der Waals surface area contributed by atoms with Crippen LogP contribution in [0.3, 0.4) is 0 Å². The van der Waals surface area contributed by atoms with E-state index in [1.54, 1.807) is 11.8 Å². The Morgan fingerprint density at radius 2 is 2.11 bits per heavy atom. The summed E-state index contributed by atoms with van der Waals surface area (Å²) in [5.41, 5.74) is 2.01. The van der Waals surface area contributed by atoms with Crippen LogP contribution in [0.15, 0.2) is 35.7 Å². The van der Waals surface area contributed by atoms with Crippen molar-refractivity contribution in [2.45, 2.75) is 6.92 Å². The molecule has 0 saturated carbocycles. The zero-order chi connectivity index (χ0) is 13.7. The molecule has 1 aromatic carbocycles. The maximum atomic E-state index is 11.4. The molecule has 1 heterocycles. The molecule has 0 unspecified atom stereocenters. The van der Waals surface area contributed by atoms with Crippen LogP contribution in [0.2, 0.25) is 0 Å². The third kappa shape index (κ3) is 3.54. The minimum Gasteiger partial charge on any atom is -0.465 e. The van der Waals surface area contributed by atoms with Gasteiger partial charge in [0.2, 0.25) is 0 Å². The smallest absolute Gasteiger partial charge is 0.325 e. The Hall–Kier alpha value is -1.88. The van der Waals surface area contributed by atoms with Gasteiger partial charge in [-0.05, 0) is 6.92 Å². The number of hydrogen-bond donors (Lipinski definition) is 0. The van der Waals surface area contributed by atoms with Gasteiger partial charge in [0.25, 0.3) is 0 Å². The van der Waals surface area contributed by atoms with E-state index in [9.17, 15) is 4.79 Å². The molecule has 2 rings (SSSR count). The fourth-order valence-corrected chi connectivity index (χ4v) is 2.45. The first-order chi connectivity index (χ1) is 9.20. The Bertz CT molecular complexity index is 539. The summed E-state index contributed by atoms with van der Waals surface area (Å²) in [6.45, 7) is 2.42. The maximum Gasteiger partial charge on any atom is 0.325 e. The van der Waals surface area contributed by atoms with Crippen molar-refractivity contribution < 1.29 is 9.53 Å². The van der Waals surface area contributed by atoms with Crippen molar-refractivity contribution in [3.63, 3.8) is 0 Å². The number of rotatable bonds is 5. The monoisotopic (exact) mass is 276 g/mol. The van der Waals surface area contributed by atoms with Crippen LogP contribution >= 0.6 is 11.3 Å². The van der Waals surface area contributed by atoms with E-state index in [1.807, 2.05) is 42.8 Å². The van der Waals surface area contributed by atoms with Crippen molar-refractivity contribution in [1.29, 1.82) is 0 Å². The molecule has 0 amide bonds. The number of hydrogen-bond acceptors (Lipinski definition) is 5. The van der Waals surface area contributed by atoms with Crippen molar-refractivity contribution in [3.05, 3.63) is 35.7 Å². The molecular weight excluding hydrogens is 260 g/mol. The number of anilines is 1. The number of thiazole rings is 1.